The lowest BCUT2D eigenvalue weighted by Gasteiger charge is -2.24. The summed E-state index contributed by atoms with van der Waals surface area (Å²) in [6.07, 6.45) is -4.69. The molecule has 1 fully saturated rings. The number of aromatic nitrogens is 3. The van der Waals surface area contributed by atoms with E-state index in [1.54, 1.807) is 0 Å². The summed E-state index contributed by atoms with van der Waals surface area (Å²) in [5.41, 5.74) is 2.13. The van der Waals surface area contributed by atoms with E-state index in [-0.39, 0.29) is 40.9 Å². The Morgan fingerprint density at radius 1 is 1.07 bits per heavy atom. The van der Waals surface area contributed by atoms with Gasteiger partial charge in [-0.3, -0.25) is 19.3 Å². The zero-order valence-electron chi connectivity index (χ0n) is 23.5. The number of hydrogen-bond donors (Lipinski definition) is 2. The van der Waals surface area contributed by atoms with Gasteiger partial charge in [-0.2, -0.15) is 18.3 Å². The van der Waals surface area contributed by atoms with Crippen molar-refractivity contribution in [3.8, 4) is 11.1 Å². The Bertz CT molecular complexity index is 1850. The highest BCUT2D eigenvalue weighted by Gasteiger charge is 2.60. The normalized spacial score (nSPS) is 18.8. The zero-order valence-corrected chi connectivity index (χ0v) is 23.5. The largest absolute Gasteiger partial charge is 0.435 e. The maximum atomic E-state index is 14.9. The number of carbonyl (C=O) groups excluding carboxylic acids is 2. The summed E-state index contributed by atoms with van der Waals surface area (Å²) >= 11 is 0. The van der Waals surface area contributed by atoms with Gasteiger partial charge >= 0.3 is 6.18 Å². The number of carbonyl (C=O) groups is 2. The van der Waals surface area contributed by atoms with Gasteiger partial charge in [-0.05, 0) is 60.2 Å². The first-order chi connectivity index (χ1) is 21.6. The van der Waals surface area contributed by atoms with Crippen LogP contribution in [0.2, 0.25) is 0 Å². The van der Waals surface area contributed by atoms with Crippen LogP contribution in [0.25, 0.3) is 11.1 Å². The summed E-state index contributed by atoms with van der Waals surface area (Å²) in [7, 11) is 0. The number of hydrogen-bond acceptors (Lipinski definition) is 4. The molecule has 46 heavy (non-hydrogen) atoms. The molecule has 1 unspecified atom stereocenters. The molecule has 1 saturated carbocycles. The van der Waals surface area contributed by atoms with Crippen LogP contribution >= 0.6 is 0 Å². The molecule has 4 aromatic rings. The number of nitrogens with one attached hydrogen (secondary N) is 1. The van der Waals surface area contributed by atoms with Crippen molar-refractivity contribution in [1.82, 2.24) is 20.1 Å². The van der Waals surface area contributed by atoms with E-state index in [1.165, 1.54) is 24.4 Å². The Balaban J connectivity index is 1.39. The first-order valence-electron chi connectivity index (χ1n) is 14.0. The van der Waals surface area contributed by atoms with Crippen LogP contribution < -0.4 is 11.1 Å². The van der Waals surface area contributed by atoms with Crippen LogP contribution in [0.5, 0.6) is 0 Å². The molecule has 240 valence electrons. The highest BCUT2D eigenvalue weighted by Crippen LogP contribution is 2.62. The van der Waals surface area contributed by atoms with Crippen molar-refractivity contribution >= 4 is 11.8 Å². The number of nitrogens with zero attached hydrogens (tertiary/aromatic N) is 3. The van der Waals surface area contributed by atoms with Gasteiger partial charge in [-0.25, -0.2) is 22.0 Å². The van der Waals surface area contributed by atoms with Crippen molar-refractivity contribution in [2.24, 2.45) is 11.7 Å². The first kappa shape index (κ1) is 31.2. The highest BCUT2D eigenvalue weighted by atomic mass is 19.4. The van der Waals surface area contributed by atoms with Crippen molar-refractivity contribution < 1.29 is 44.7 Å². The molecule has 0 aliphatic heterocycles. The standard InChI is InChI=1S/C31H23F8N5O2/c32-17-6-14(7-18(33)11-17)8-23(26-19(2-1-5-41-26)15-3-4-22(34)21(9-15)29(40)46)42-24(45)13-44-27-20-10-16(20)12-30(35,36)25(27)28(43-44)31(37,38)39/h1-7,9,11,16,20,23H,8,10,12-13H2,(H2,40,46)(H,42,45)/t16-,20?,23-/m0/s1. The number of alkyl halides is 5. The van der Waals surface area contributed by atoms with E-state index in [1.807, 2.05) is 0 Å². The number of fused-ring (bicyclic) bond motifs is 3. The number of primary amides is 1. The van der Waals surface area contributed by atoms with Crippen molar-refractivity contribution in [3.05, 3.63) is 106 Å². The predicted molar refractivity (Wildman–Crippen MR) is 146 cm³/mol. The molecule has 0 bridgehead atoms. The molecule has 2 aromatic carbocycles. The molecule has 0 spiro atoms. The smallest absolute Gasteiger partial charge is 0.366 e. The second kappa shape index (κ2) is 11.2. The van der Waals surface area contributed by atoms with Crippen LogP contribution in [0.3, 0.4) is 0 Å². The molecule has 0 saturated heterocycles. The SMILES string of the molecule is NC(=O)c1cc(-c2cccnc2[C@H](Cc2cc(F)cc(F)c2)NC(=O)Cn2nc(C(F)(F)F)c3c2C2C[C@H]2CC3(F)F)ccc1F. The fourth-order valence-corrected chi connectivity index (χ4v) is 6.15. The third-order valence-corrected chi connectivity index (χ3v) is 8.12. The maximum Gasteiger partial charge on any atom is 0.435 e. The summed E-state index contributed by atoms with van der Waals surface area (Å²) in [5, 5.41) is 6.01. The molecule has 15 heteroatoms. The van der Waals surface area contributed by atoms with E-state index in [4.69, 9.17) is 5.73 Å². The number of nitrogens with two attached hydrogens (primary N) is 1. The van der Waals surface area contributed by atoms with Gasteiger partial charge in [0.15, 0.2) is 5.69 Å². The minimum atomic E-state index is -5.21. The lowest BCUT2D eigenvalue weighted by Crippen LogP contribution is -2.34. The molecular formula is C31H23F8N5O2. The van der Waals surface area contributed by atoms with Crippen LogP contribution in [-0.2, 0) is 29.9 Å². The Kier molecular flexibility index (Phi) is 7.60. The molecule has 2 amide bonds. The lowest BCUT2D eigenvalue weighted by atomic mass is 9.91. The minimum absolute atomic E-state index is 0.0626. The van der Waals surface area contributed by atoms with Gasteiger partial charge in [0.25, 0.3) is 11.8 Å². The van der Waals surface area contributed by atoms with Gasteiger partial charge in [0.05, 0.1) is 28.6 Å². The number of amides is 2. The molecule has 6 rings (SSSR count). The molecule has 2 heterocycles. The summed E-state index contributed by atoms with van der Waals surface area (Å²) < 4.78 is 114. The number of benzene rings is 2. The topological polar surface area (TPSA) is 103 Å². The van der Waals surface area contributed by atoms with Crippen LogP contribution in [-0.4, -0.2) is 26.6 Å². The van der Waals surface area contributed by atoms with Gasteiger partial charge in [0, 0.05) is 30.2 Å². The van der Waals surface area contributed by atoms with E-state index >= 15 is 0 Å². The quantitative estimate of drug-likeness (QED) is 0.223. The molecule has 2 aliphatic carbocycles. The Morgan fingerprint density at radius 3 is 2.46 bits per heavy atom. The third kappa shape index (κ3) is 5.93. The predicted octanol–water partition coefficient (Wildman–Crippen LogP) is 6.18. The van der Waals surface area contributed by atoms with E-state index < -0.39 is 89.0 Å². The molecule has 2 aliphatic rings. The highest BCUT2D eigenvalue weighted by molar-refractivity contribution is 5.94. The van der Waals surface area contributed by atoms with Gasteiger partial charge < -0.3 is 11.1 Å². The van der Waals surface area contributed by atoms with Crippen LogP contribution in [0, 0.1) is 23.4 Å². The van der Waals surface area contributed by atoms with Gasteiger partial charge in [0.2, 0.25) is 5.91 Å². The fraction of sp³-hybridized carbons (Fsp3) is 0.290. The Hall–Kier alpha value is -4.82. The molecule has 2 aromatic heterocycles. The maximum absolute atomic E-state index is 14.9. The van der Waals surface area contributed by atoms with Crippen LogP contribution in [0.15, 0.2) is 54.7 Å². The second-order valence-electron chi connectivity index (χ2n) is 11.4. The van der Waals surface area contributed by atoms with Gasteiger partial charge in [-0.15, -0.1) is 0 Å². The van der Waals surface area contributed by atoms with Gasteiger partial charge in [-0.1, -0.05) is 12.1 Å². The third-order valence-electron chi connectivity index (χ3n) is 8.12. The minimum Gasteiger partial charge on any atom is -0.366 e. The van der Waals surface area contributed by atoms with E-state index in [2.05, 4.69) is 15.4 Å². The summed E-state index contributed by atoms with van der Waals surface area (Å²) in [4.78, 5) is 29.6. The molecule has 0 radical (unpaired) electrons. The second-order valence-corrected chi connectivity index (χ2v) is 11.4. The molecule has 3 atom stereocenters. The van der Waals surface area contributed by atoms with Crippen molar-refractivity contribution in [1.29, 1.82) is 0 Å². The van der Waals surface area contributed by atoms with E-state index in [9.17, 15) is 44.7 Å². The van der Waals surface area contributed by atoms with E-state index in [0.29, 0.717) is 10.7 Å². The van der Waals surface area contributed by atoms with Crippen LogP contribution in [0.4, 0.5) is 35.1 Å². The van der Waals surface area contributed by atoms with Crippen molar-refractivity contribution in [2.45, 2.75) is 49.9 Å². The van der Waals surface area contributed by atoms with E-state index in [0.717, 1.165) is 24.3 Å². The van der Waals surface area contributed by atoms with Crippen LogP contribution in [0.1, 0.15) is 63.4 Å². The monoisotopic (exact) mass is 649 g/mol. The molecule has 3 N–H and O–H groups in total. The summed E-state index contributed by atoms with van der Waals surface area (Å²) in [6, 6.07) is 7.88. The number of pyridine rings is 1. The lowest BCUT2D eigenvalue weighted by molar-refractivity contribution is -0.146. The molecular weight excluding hydrogens is 626 g/mol. The zero-order chi connectivity index (χ0) is 33.1. The average Bonchev–Trinajstić information content (AvgIpc) is 3.59. The first-order valence-corrected chi connectivity index (χ1v) is 14.0. The Labute approximate surface area is 255 Å². The average molecular weight is 650 g/mol. The summed E-state index contributed by atoms with van der Waals surface area (Å²) in [5.74, 6) is -9.71. The summed E-state index contributed by atoms with van der Waals surface area (Å²) in [6.45, 7) is -0.879. The number of rotatable bonds is 8. The van der Waals surface area contributed by atoms with Crippen molar-refractivity contribution in [2.75, 3.05) is 0 Å². The van der Waals surface area contributed by atoms with Gasteiger partial charge in [0.1, 0.15) is 24.0 Å². The number of halogens is 8. The van der Waals surface area contributed by atoms with Crippen molar-refractivity contribution in [3.63, 3.8) is 0 Å². The fourth-order valence-electron chi connectivity index (χ4n) is 6.15. The Morgan fingerprint density at radius 2 is 1.78 bits per heavy atom. The molecule has 7 nitrogen and oxygen atoms in total.